The van der Waals surface area contributed by atoms with Crippen LogP contribution in [0.25, 0.3) is 0 Å². The number of hydrogen-bond acceptors (Lipinski definition) is 3. The van der Waals surface area contributed by atoms with Crippen LogP contribution in [0.5, 0.6) is 0 Å². The Balaban J connectivity index is 1.78. The zero-order valence-electron chi connectivity index (χ0n) is 11.5. The number of halogens is 1. The van der Waals surface area contributed by atoms with Crippen molar-refractivity contribution >= 4 is 0 Å². The Morgan fingerprint density at radius 1 is 1.32 bits per heavy atom. The number of hydrogen-bond donors (Lipinski definition) is 1. The predicted octanol–water partition coefficient (Wildman–Crippen LogP) is 2.63. The Kier molecular flexibility index (Phi) is 5.76. The molecule has 0 bridgehead atoms. The fourth-order valence-corrected chi connectivity index (χ4v) is 1.89. The van der Waals surface area contributed by atoms with Crippen LogP contribution < -0.4 is 5.32 Å². The molecule has 0 heterocycles. The molecule has 0 radical (unpaired) electrons. The minimum Gasteiger partial charge on any atom is -0.385 e. The van der Waals surface area contributed by atoms with Gasteiger partial charge >= 0.3 is 0 Å². The first-order chi connectivity index (χ1) is 9.29. The fraction of sp³-hybridized carbons (Fsp3) is 0.600. The summed E-state index contributed by atoms with van der Waals surface area (Å²) in [5.74, 6) is -0.193. The molecule has 1 aliphatic rings. The molecule has 0 unspecified atom stereocenters. The van der Waals surface area contributed by atoms with Crippen LogP contribution in [0.4, 0.5) is 4.39 Å². The molecule has 0 amide bonds. The van der Waals surface area contributed by atoms with Crippen molar-refractivity contribution in [1.82, 2.24) is 5.32 Å². The van der Waals surface area contributed by atoms with E-state index in [9.17, 15) is 4.39 Å². The highest BCUT2D eigenvalue weighted by Crippen LogP contribution is 2.20. The highest BCUT2D eigenvalue weighted by Gasteiger charge is 2.20. The molecule has 0 spiro atoms. The second-order valence-corrected chi connectivity index (χ2v) is 4.98. The Labute approximate surface area is 114 Å². The molecule has 0 aromatic heterocycles. The van der Waals surface area contributed by atoms with Gasteiger partial charge in [-0.3, -0.25) is 0 Å². The first kappa shape index (κ1) is 14.4. The average molecular weight is 267 g/mol. The largest absolute Gasteiger partial charge is 0.385 e. The summed E-state index contributed by atoms with van der Waals surface area (Å²) in [4.78, 5) is 0. The van der Waals surface area contributed by atoms with Crippen molar-refractivity contribution in [2.24, 2.45) is 0 Å². The zero-order valence-corrected chi connectivity index (χ0v) is 11.5. The third kappa shape index (κ3) is 5.27. The molecule has 19 heavy (non-hydrogen) atoms. The summed E-state index contributed by atoms with van der Waals surface area (Å²) < 4.78 is 24.0. The third-order valence-electron chi connectivity index (χ3n) is 3.18. The summed E-state index contributed by atoms with van der Waals surface area (Å²) in [6.07, 6.45) is 3.36. The molecule has 0 aliphatic heterocycles. The van der Waals surface area contributed by atoms with Crippen LogP contribution in [0.15, 0.2) is 18.2 Å². The van der Waals surface area contributed by atoms with Crippen LogP contribution in [-0.2, 0) is 22.6 Å². The highest BCUT2D eigenvalue weighted by molar-refractivity contribution is 5.24. The van der Waals surface area contributed by atoms with Gasteiger partial charge in [-0.15, -0.1) is 0 Å². The lowest BCUT2D eigenvalue weighted by molar-refractivity contribution is 0.0912. The van der Waals surface area contributed by atoms with Crippen LogP contribution >= 0.6 is 0 Å². The lowest BCUT2D eigenvalue weighted by atomic mass is 10.1. The minimum atomic E-state index is -0.193. The SMILES string of the molecule is COCCCOCc1cc(CNC2CC2)ccc1F. The maximum Gasteiger partial charge on any atom is 0.128 e. The summed E-state index contributed by atoms with van der Waals surface area (Å²) in [5, 5.41) is 3.42. The monoisotopic (exact) mass is 267 g/mol. The van der Waals surface area contributed by atoms with Crippen molar-refractivity contribution in [3.63, 3.8) is 0 Å². The average Bonchev–Trinajstić information content (AvgIpc) is 3.23. The van der Waals surface area contributed by atoms with Gasteiger partial charge in [-0.2, -0.15) is 0 Å². The van der Waals surface area contributed by atoms with Crippen LogP contribution in [0, 0.1) is 5.82 Å². The van der Waals surface area contributed by atoms with Crippen molar-refractivity contribution < 1.29 is 13.9 Å². The van der Waals surface area contributed by atoms with Crippen molar-refractivity contribution in [3.8, 4) is 0 Å². The van der Waals surface area contributed by atoms with Gasteiger partial charge in [0.1, 0.15) is 5.82 Å². The second kappa shape index (κ2) is 7.58. The molecule has 0 atom stereocenters. The Morgan fingerprint density at radius 2 is 2.16 bits per heavy atom. The number of benzene rings is 1. The smallest absolute Gasteiger partial charge is 0.128 e. The number of methoxy groups -OCH3 is 1. The minimum absolute atomic E-state index is 0.193. The van der Waals surface area contributed by atoms with Gasteiger partial charge in [0.2, 0.25) is 0 Å². The third-order valence-corrected chi connectivity index (χ3v) is 3.18. The first-order valence-electron chi connectivity index (χ1n) is 6.87. The standard InChI is InChI=1S/C15H22FNO2/c1-18-7-2-8-19-11-13-9-12(3-6-15(13)16)10-17-14-4-5-14/h3,6,9,14,17H,2,4-5,7-8,10-11H2,1H3. The molecule has 1 aromatic carbocycles. The normalized spacial score (nSPS) is 14.8. The van der Waals surface area contributed by atoms with E-state index in [1.54, 1.807) is 7.11 Å². The molecule has 1 N–H and O–H groups in total. The number of rotatable bonds is 9. The highest BCUT2D eigenvalue weighted by atomic mass is 19.1. The first-order valence-corrected chi connectivity index (χ1v) is 6.87. The van der Waals surface area contributed by atoms with Gasteiger partial charge in [0.15, 0.2) is 0 Å². The molecule has 1 fully saturated rings. The maximum atomic E-state index is 13.6. The summed E-state index contributed by atoms with van der Waals surface area (Å²) in [7, 11) is 1.66. The second-order valence-electron chi connectivity index (χ2n) is 4.98. The van der Waals surface area contributed by atoms with Crippen molar-refractivity contribution in [1.29, 1.82) is 0 Å². The molecule has 1 saturated carbocycles. The van der Waals surface area contributed by atoms with Gasteiger partial charge in [0.25, 0.3) is 0 Å². The number of ether oxygens (including phenoxy) is 2. The van der Waals surface area contributed by atoms with Crippen LogP contribution in [0.2, 0.25) is 0 Å². The Bertz CT molecular complexity index is 394. The Morgan fingerprint density at radius 3 is 2.89 bits per heavy atom. The molecule has 3 nitrogen and oxygen atoms in total. The summed E-state index contributed by atoms with van der Waals surface area (Å²) in [5.41, 5.74) is 1.75. The lowest BCUT2D eigenvalue weighted by Crippen LogP contribution is -2.15. The Hall–Kier alpha value is -0.970. The van der Waals surface area contributed by atoms with E-state index in [-0.39, 0.29) is 5.82 Å². The molecule has 0 saturated heterocycles. The van der Waals surface area contributed by atoms with Gasteiger partial charge in [-0.1, -0.05) is 6.07 Å². The van der Waals surface area contributed by atoms with Gasteiger partial charge in [-0.05, 0) is 37.0 Å². The molecule has 106 valence electrons. The number of nitrogens with one attached hydrogen (secondary N) is 1. The van der Waals surface area contributed by atoms with E-state index >= 15 is 0 Å². The van der Waals surface area contributed by atoms with Crippen LogP contribution in [0.3, 0.4) is 0 Å². The van der Waals surface area contributed by atoms with Gasteiger partial charge in [0.05, 0.1) is 6.61 Å². The van der Waals surface area contributed by atoms with Gasteiger partial charge < -0.3 is 14.8 Å². The van der Waals surface area contributed by atoms with Gasteiger partial charge in [0, 0.05) is 38.5 Å². The summed E-state index contributed by atoms with van der Waals surface area (Å²) in [6.45, 7) is 2.40. The van der Waals surface area contributed by atoms with E-state index in [1.165, 1.54) is 18.9 Å². The van der Waals surface area contributed by atoms with E-state index in [0.29, 0.717) is 31.4 Å². The van der Waals surface area contributed by atoms with Crippen molar-refractivity contribution in [3.05, 3.63) is 35.1 Å². The van der Waals surface area contributed by atoms with Crippen LogP contribution in [-0.4, -0.2) is 26.4 Å². The van der Waals surface area contributed by atoms with Crippen molar-refractivity contribution in [2.75, 3.05) is 20.3 Å². The molecular formula is C15H22FNO2. The van der Waals surface area contributed by atoms with E-state index in [0.717, 1.165) is 18.5 Å². The van der Waals surface area contributed by atoms with Crippen LogP contribution in [0.1, 0.15) is 30.4 Å². The molecule has 4 heteroatoms. The summed E-state index contributed by atoms with van der Waals surface area (Å²) >= 11 is 0. The summed E-state index contributed by atoms with van der Waals surface area (Å²) in [6, 6.07) is 5.91. The molecular weight excluding hydrogens is 245 g/mol. The van der Waals surface area contributed by atoms with Crippen molar-refractivity contribution in [2.45, 2.75) is 38.5 Å². The van der Waals surface area contributed by atoms with E-state index in [2.05, 4.69) is 5.32 Å². The maximum absolute atomic E-state index is 13.6. The lowest BCUT2D eigenvalue weighted by Gasteiger charge is -2.08. The molecule has 1 aliphatic carbocycles. The van der Waals surface area contributed by atoms with E-state index < -0.39 is 0 Å². The van der Waals surface area contributed by atoms with Gasteiger partial charge in [-0.25, -0.2) is 4.39 Å². The topological polar surface area (TPSA) is 30.5 Å². The van der Waals surface area contributed by atoms with E-state index in [4.69, 9.17) is 9.47 Å². The zero-order chi connectivity index (χ0) is 13.5. The predicted molar refractivity (Wildman–Crippen MR) is 72.4 cm³/mol. The quantitative estimate of drug-likeness (QED) is 0.698. The fourth-order valence-electron chi connectivity index (χ4n) is 1.89. The molecule has 1 aromatic rings. The molecule has 2 rings (SSSR count). The van der Waals surface area contributed by atoms with E-state index in [1.807, 2.05) is 12.1 Å².